The van der Waals surface area contributed by atoms with Gasteiger partial charge in [0.1, 0.15) is 12.1 Å². The van der Waals surface area contributed by atoms with Gasteiger partial charge in [-0.2, -0.15) is 12.6 Å². The maximum absolute atomic E-state index is 13.1. The number of amides is 2. The molecule has 180 valence electrons. The predicted molar refractivity (Wildman–Crippen MR) is 126 cm³/mol. The number of aliphatic hydroxyl groups is 1. The number of rotatable bonds is 15. The highest BCUT2D eigenvalue weighted by molar-refractivity contribution is 7.80. The molecule has 0 aliphatic heterocycles. The molecule has 0 fully saturated rings. The molecule has 1 rings (SSSR count). The Morgan fingerprint density at radius 2 is 1.72 bits per heavy atom. The number of carbonyl (C=O) groups is 3. The smallest absolute Gasteiger partial charge is 0.326 e. The highest BCUT2D eigenvalue weighted by atomic mass is 32.1. The van der Waals surface area contributed by atoms with E-state index >= 15 is 0 Å². The van der Waals surface area contributed by atoms with Crippen molar-refractivity contribution >= 4 is 30.4 Å². The summed E-state index contributed by atoms with van der Waals surface area (Å²) in [5.41, 5.74) is 6.73. The summed E-state index contributed by atoms with van der Waals surface area (Å²) < 4.78 is 0. The van der Waals surface area contributed by atoms with Crippen LogP contribution in [-0.2, 0) is 20.8 Å². The highest BCUT2D eigenvalue weighted by Crippen LogP contribution is 2.10. The molecule has 1 aromatic carbocycles. The maximum Gasteiger partial charge on any atom is 0.326 e. The Morgan fingerprint density at radius 1 is 1.09 bits per heavy atom. The first-order valence-electron chi connectivity index (χ1n) is 10.8. The van der Waals surface area contributed by atoms with Gasteiger partial charge >= 0.3 is 5.97 Å². The van der Waals surface area contributed by atoms with E-state index in [-0.39, 0.29) is 30.7 Å². The van der Waals surface area contributed by atoms with Crippen LogP contribution in [-0.4, -0.2) is 71.1 Å². The quantitative estimate of drug-likeness (QED) is 0.178. The normalized spacial score (nSPS) is 15.8. The van der Waals surface area contributed by atoms with Crippen LogP contribution >= 0.6 is 12.6 Å². The van der Waals surface area contributed by atoms with Crippen LogP contribution in [0.2, 0.25) is 0 Å². The van der Waals surface area contributed by atoms with E-state index < -0.39 is 36.6 Å². The number of carboxylic acids is 1. The van der Waals surface area contributed by atoms with E-state index in [1.54, 1.807) is 0 Å². The van der Waals surface area contributed by atoms with Gasteiger partial charge in [-0.1, -0.05) is 50.6 Å². The second kappa shape index (κ2) is 14.8. The number of hydrogen-bond acceptors (Lipinski definition) is 7. The largest absolute Gasteiger partial charge is 0.480 e. The summed E-state index contributed by atoms with van der Waals surface area (Å²) in [7, 11) is 0. The van der Waals surface area contributed by atoms with Gasteiger partial charge in [-0.3, -0.25) is 9.59 Å². The molecule has 9 nitrogen and oxygen atoms in total. The second-order valence-electron chi connectivity index (χ2n) is 7.88. The third-order valence-electron chi connectivity index (χ3n) is 5.28. The fourth-order valence-corrected chi connectivity index (χ4v) is 3.24. The second-order valence-corrected chi connectivity index (χ2v) is 8.24. The number of nitrogens with two attached hydrogens (primary N) is 1. The number of thiol groups is 1. The molecule has 2 amide bonds. The molecule has 1 aromatic rings. The van der Waals surface area contributed by atoms with Gasteiger partial charge in [0.05, 0.1) is 6.04 Å². The molecule has 0 bridgehead atoms. The monoisotopic (exact) mass is 468 g/mol. The lowest BCUT2D eigenvalue weighted by molar-refractivity contribution is -0.142. The minimum absolute atomic E-state index is 0.0243. The Balaban J connectivity index is 3.04. The topological polar surface area (TPSA) is 154 Å². The van der Waals surface area contributed by atoms with E-state index in [9.17, 15) is 19.5 Å². The van der Waals surface area contributed by atoms with Crippen molar-refractivity contribution in [3.05, 3.63) is 35.9 Å². The summed E-state index contributed by atoms with van der Waals surface area (Å²) in [4.78, 5) is 37.5. The number of aliphatic hydroxyl groups excluding tert-OH is 1. The molecule has 0 aliphatic carbocycles. The van der Waals surface area contributed by atoms with Gasteiger partial charge in [0, 0.05) is 37.8 Å². The Bertz CT molecular complexity index is 722. The molecule has 0 radical (unpaired) electrons. The standard InChI is InChI=1S/C22H36N4O5S/c1-3-14(2)19(24-12-16(23)13-32)21(29)26-18(11-15-7-5-4-6-8-15)20(28)25-17(9-10-27)22(30)31/h4-8,14,16-19,24,27,32H,3,9-13,23H2,1-2H3,(H,25,28)(H,26,29)(H,30,31). The van der Waals surface area contributed by atoms with Crippen molar-refractivity contribution in [1.82, 2.24) is 16.0 Å². The molecule has 5 unspecified atom stereocenters. The van der Waals surface area contributed by atoms with Crippen LogP contribution in [0.3, 0.4) is 0 Å². The van der Waals surface area contributed by atoms with Crippen molar-refractivity contribution in [2.45, 2.75) is 57.3 Å². The highest BCUT2D eigenvalue weighted by Gasteiger charge is 2.30. The minimum Gasteiger partial charge on any atom is -0.480 e. The van der Waals surface area contributed by atoms with Crippen LogP contribution in [0.5, 0.6) is 0 Å². The molecule has 5 atom stereocenters. The fraction of sp³-hybridized carbons (Fsp3) is 0.591. The van der Waals surface area contributed by atoms with Crippen LogP contribution in [0.1, 0.15) is 32.3 Å². The Hall–Kier alpha value is -2.14. The molecule has 0 saturated carbocycles. The lowest BCUT2D eigenvalue weighted by atomic mass is 9.97. The van der Waals surface area contributed by atoms with Gasteiger partial charge < -0.3 is 31.9 Å². The van der Waals surface area contributed by atoms with Gasteiger partial charge in [-0.05, 0) is 11.5 Å². The van der Waals surface area contributed by atoms with Crippen LogP contribution in [0.15, 0.2) is 30.3 Å². The molecular formula is C22H36N4O5S. The zero-order valence-electron chi connectivity index (χ0n) is 18.7. The SMILES string of the molecule is CCC(C)C(NCC(N)CS)C(=O)NC(Cc1ccccc1)C(=O)NC(CCO)C(=O)O. The number of hydrogen-bond donors (Lipinski definition) is 7. The van der Waals surface area contributed by atoms with E-state index in [0.29, 0.717) is 12.3 Å². The summed E-state index contributed by atoms with van der Waals surface area (Å²) >= 11 is 4.16. The minimum atomic E-state index is -1.25. The first-order valence-corrected chi connectivity index (χ1v) is 11.4. The van der Waals surface area contributed by atoms with Crippen molar-refractivity contribution < 1.29 is 24.6 Å². The molecule has 0 saturated heterocycles. The van der Waals surface area contributed by atoms with Crippen LogP contribution in [0.4, 0.5) is 0 Å². The molecule has 0 spiro atoms. The van der Waals surface area contributed by atoms with Crippen molar-refractivity contribution in [3.63, 3.8) is 0 Å². The lowest BCUT2D eigenvalue weighted by Gasteiger charge is -2.28. The lowest BCUT2D eigenvalue weighted by Crippen LogP contribution is -2.58. The van der Waals surface area contributed by atoms with Crippen molar-refractivity contribution in [1.29, 1.82) is 0 Å². The average molecular weight is 469 g/mol. The fourth-order valence-electron chi connectivity index (χ4n) is 3.11. The molecule has 7 N–H and O–H groups in total. The van der Waals surface area contributed by atoms with Gasteiger partial charge in [0.25, 0.3) is 0 Å². The van der Waals surface area contributed by atoms with Gasteiger partial charge in [0.15, 0.2) is 0 Å². The van der Waals surface area contributed by atoms with E-state index in [0.717, 1.165) is 12.0 Å². The van der Waals surface area contributed by atoms with Gasteiger partial charge in [-0.25, -0.2) is 4.79 Å². The summed E-state index contributed by atoms with van der Waals surface area (Å²) in [6.07, 6.45) is 0.785. The number of carboxylic acid groups (broad SMARTS) is 1. The number of nitrogens with one attached hydrogen (secondary N) is 3. The molecular weight excluding hydrogens is 432 g/mol. The molecule has 10 heteroatoms. The van der Waals surface area contributed by atoms with E-state index in [1.807, 2.05) is 44.2 Å². The summed E-state index contributed by atoms with van der Waals surface area (Å²) in [5.74, 6) is -1.81. The zero-order chi connectivity index (χ0) is 24.1. The number of carbonyl (C=O) groups excluding carboxylic acids is 2. The van der Waals surface area contributed by atoms with E-state index in [2.05, 4.69) is 28.6 Å². The number of benzene rings is 1. The van der Waals surface area contributed by atoms with E-state index in [4.69, 9.17) is 10.8 Å². The Labute approximate surface area is 194 Å². The first kappa shape index (κ1) is 27.9. The zero-order valence-corrected chi connectivity index (χ0v) is 19.6. The van der Waals surface area contributed by atoms with Crippen LogP contribution in [0.25, 0.3) is 0 Å². The molecule has 0 heterocycles. The van der Waals surface area contributed by atoms with Crippen molar-refractivity contribution in [2.75, 3.05) is 18.9 Å². The third-order valence-corrected chi connectivity index (χ3v) is 5.75. The maximum atomic E-state index is 13.1. The summed E-state index contributed by atoms with van der Waals surface area (Å²) in [6.45, 7) is 3.89. The van der Waals surface area contributed by atoms with Crippen LogP contribution in [0, 0.1) is 5.92 Å². The molecule has 0 aromatic heterocycles. The Morgan fingerprint density at radius 3 is 2.25 bits per heavy atom. The van der Waals surface area contributed by atoms with E-state index in [1.165, 1.54) is 0 Å². The molecule has 0 aliphatic rings. The summed E-state index contributed by atoms with van der Waals surface area (Å²) in [5, 5.41) is 26.8. The first-order chi connectivity index (χ1) is 15.2. The predicted octanol–water partition coefficient (Wildman–Crippen LogP) is -0.0729. The number of aliphatic carboxylic acids is 1. The summed E-state index contributed by atoms with van der Waals surface area (Å²) in [6, 6.07) is 6.08. The van der Waals surface area contributed by atoms with Crippen molar-refractivity contribution in [2.24, 2.45) is 11.7 Å². The molecule has 32 heavy (non-hydrogen) atoms. The van der Waals surface area contributed by atoms with Gasteiger partial charge in [0.2, 0.25) is 11.8 Å². The van der Waals surface area contributed by atoms with Crippen LogP contribution < -0.4 is 21.7 Å². The third kappa shape index (κ3) is 9.56. The Kier molecular flexibility index (Phi) is 12.9. The van der Waals surface area contributed by atoms with Gasteiger partial charge in [-0.15, -0.1) is 0 Å². The van der Waals surface area contributed by atoms with Crippen molar-refractivity contribution in [3.8, 4) is 0 Å². The average Bonchev–Trinajstić information content (AvgIpc) is 2.78.